The molecular formula is C17H21BrN2O4. The van der Waals surface area contributed by atoms with Crippen LogP contribution in [0.2, 0.25) is 0 Å². The van der Waals surface area contributed by atoms with Gasteiger partial charge < -0.3 is 15.0 Å². The average molecular weight is 397 g/mol. The van der Waals surface area contributed by atoms with Crippen molar-refractivity contribution in [2.24, 2.45) is 0 Å². The predicted molar refractivity (Wildman–Crippen MR) is 92.5 cm³/mol. The summed E-state index contributed by atoms with van der Waals surface area (Å²) in [5, 5.41) is 2.70. The molecule has 1 fully saturated rings. The first-order chi connectivity index (χ1) is 11.5. The minimum Gasteiger partial charge on any atom is -0.466 e. The van der Waals surface area contributed by atoms with Gasteiger partial charge in [-0.1, -0.05) is 35.3 Å². The molecule has 1 aliphatic heterocycles. The molecule has 2 rings (SSSR count). The largest absolute Gasteiger partial charge is 0.466 e. The van der Waals surface area contributed by atoms with Gasteiger partial charge in [0.1, 0.15) is 6.04 Å². The van der Waals surface area contributed by atoms with Crippen LogP contribution in [0.15, 0.2) is 28.7 Å². The second kappa shape index (κ2) is 8.82. The first kappa shape index (κ1) is 18.4. The molecule has 0 saturated carbocycles. The Morgan fingerprint density at radius 2 is 2.21 bits per heavy atom. The summed E-state index contributed by atoms with van der Waals surface area (Å²) in [4.78, 5) is 38.3. The molecule has 0 bridgehead atoms. The lowest BCUT2D eigenvalue weighted by atomic mass is 10.1. The van der Waals surface area contributed by atoms with Gasteiger partial charge in [0.25, 0.3) is 5.91 Å². The van der Waals surface area contributed by atoms with Crippen molar-refractivity contribution in [1.82, 2.24) is 10.2 Å². The Hall–Kier alpha value is -1.89. The van der Waals surface area contributed by atoms with Crippen LogP contribution in [-0.4, -0.2) is 48.4 Å². The number of nitrogens with zero attached hydrogens (tertiary/aromatic N) is 1. The summed E-state index contributed by atoms with van der Waals surface area (Å²) in [7, 11) is 0. The zero-order chi connectivity index (χ0) is 17.5. The normalized spacial score (nSPS) is 17.3. The lowest BCUT2D eigenvalue weighted by molar-refractivity contribution is -0.147. The summed E-state index contributed by atoms with van der Waals surface area (Å²) in [5.74, 6) is -1.05. The van der Waals surface area contributed by atoms with Crippen molar-refractivity contribution >= 4 is 33.7 Å². The van der Waals surface area contributed by atoms with Crippen molar-refractivity contribution in [2.45, 2.75) is 32.2 Å². The first-order valence-corrected chi connectivity index (χ1v) is 8.82. The van der Waals surface area contributed by atoms with E-state index in [1.54, 1.807) is 18.2 Å². The zero-order valence-corrected chi connectivity index (χ0v) is 15.2. The van der Waals surface area contributed by atoms with E-state index in [2.05, 4.69) is 21.2 Å². The third-order valence-corrected chi connectivity index (χ3v) is 4.28. The van der Waals surface area contributed by atoms with Gasteiger partial charge in [0.05, 0.1) is 13.0 Å². The third kappa shape index (κ3) is 4.80. The molecule has 1 aromatic rings. The van der Waals surface area contributed by atoms with Crippen molar-refractivity contribution in [2.75, 3.05) is 19.7 Å². The standard InChI is InChI=1S/C17H21BrN2O4/c1-2-3-9-24-15(21)11-14-16(22)19-7-8-20(14)17(23)12-5-4-6-13(18)10-12/h4-6,10,14H,2-3,7-9,11H2,1H3,(H,19,22). The molecule has 0 aromatic heterocycles. The fraction of sp³-hybridized carbons (Fsp3) is 0.471. The number of carbonyl (C=O) groups is 3. The van der Waals surface area contributed by atoms with E-state index in [0.717, 1.165) is 17.3 Å². The van der Waals surface area contributed by atoms with Crippen LogP contribution in [0, 0.1) is 0 Å². The highest BCUT2D eigenvalue weighted by molar-refractivity contribution is 9.10. The van der Waals surface area contributed by atoms with Crippen molar-refractivity contribution in [1.29, 1.82) is 0 Å². The van der Waals surface area contributed by atoms with Gasteiger partial charge in [-0.25, -0.2) is 0 Å². The van der Waals surface area contributed by atoms with Crippen molar-refractivity contribution < 1.29 is 19.1 Å². The van der Waals surface area contributed by atoms with Crippen LogP contribution in [0.3, 0.4) is 0 Å². The van der Waals surface area contributed by atoms with Gasteiger partial charge in [0, 0.05) is 23.1 Å². The molecule has 2 amide bonds. The Morgan fingerprint density at radius 1 is 1.42 bits per heavy atom. The number of benzene rings is 1. The van der Waals surface area contributed by atoms with E-state index in [1.165, 1.54) is 4.90 Å². The third-order valence-electron chi connectivity index (χ3n) is 3.78. The highest BCUT2D eigenvalue weighted by Crippen LogP contribution is 2.18. The number of rotatable bonds is 6. The maximum Gasteiger partial charge on any atom is 0.308 e. The molecule has 6 nitrogen and oxygen atoms in total. The number of amides is 2. The van der Waals surface area contributed by atoms with Gasteiger partial charge in [-0.15, -0.1) is 0 Å². The van der Waals surface area contributed by atoms with Crippen LogP contribution in [0.4, 0.5) is 0 Å². The van der Waals surface area contributed by atoms with Gasteiger partial charge in [0.2, 0.25) is 5.91 Å². The van der Waals surface area contributed by atoms with Gasteiger partial charge in [-0.05, 0) is 24.6 Å². The lowest BCUT2D eigenvalue weighted by Gasteiger charge is -2.34. The minimum absolute atomic E-state index is 0.130. The zero-order valence-electron chi connectivity index (χ0n) is 13.6. The van der Waals surface area contributed by atoms with E-state index in [0.29, 0.717) is 25.3 Å². The Labute approximate surface area is 149 Å². The van der Waals surface area contributed by atoms with Crippen LogP contribution in [-0.2, 0) is 14.3 Å². The molecule has 1 atom stereocenters. The number of hydrogen-bond acceptors (Lipinski definition) is 4. The Balaban J connectivity index is 2.09. The molecule has 0 radical (unpaired) electrons. The first-order valence-electron chi connectivity index (χ1n) is 8.02. The van der Waals surface area contributed by atoms with E-state index in [-0.39, 0.29) is 18.2 Å². The monoisotopic (exact) mass is 396 g/mol. The molecule has 1 N–H and O–H groups in total. The fourth-order valence-electron chi connectivity index (χ4n) is 2.50. The molecule has 1 unspecified atom stereocenters. The molecule has 24 heavy (non-hydrogen) atoms. The number of hydrogen-bond donors (Lipinski definition) is 1. The number of nitrogens with one attached hydrogen (secondary N) is 1. The maximum atomic E-state index is 12.7. The summed E-state index contributed by atoms with van der Waals surface area (Å²) in [6, 6.07) is 6.14. The van der Waals surface area contributed by atoms with Crippen molar-refractivity contribution in [3.8, 4) is 0 Å². The molecule has 7 heteroatoms. The van der Waals surface area contributed by atoms with Crippen LogP contribution >= 0.6 is 15.9 Å². The van der Waals surface area contributed by atoms with E-state index < -0.39 is 12.0 Å². The summed E-state index contributed by atoms with van der Waals surface area (Å²) in [6.45, 7) is 3.08. The molecule has 1 saturated heterocycles. The number of ether oxygens (including phenoxy) is 1. The predicted octanol–water partition coefficient (Wildman–Crippen LogP) is 2.12. The van der Waals surface area contributed by atoms with Gasteiger partial charge in [-0.3, -0.25) is 14.4 Å². The minimum atomic E-state index is -0.834. The topological polar surface area (TPSA) is 75.7 Å². The van der Waals surface area contributed by atoms with E-state index in [4.69, 9.17) is 4.74 Å². The van der Waals surface area contributed by atoms with Crippen LogP contribution in [0.25, 0.3) is 0 Å². The SMILES string of the molecule is CCCCOC(=O)CC1C(=O)NCCN1C(=O)c1cccc(Br)c1. The smallest absolute Gasteiger partial charge is 0.308 e. The second-order valence-electron chi connectivity index (χ2n) is 5.59. The van der Waals surface area contributed by atoms with Gasteiger partial charge in [-0.2, -0.15) is 0 Å². The molecule has 0 spiro atoms. The quantitative estimate of drug-likeness (QED) is 0.590. The van der Waals surface area contributed by atoms with Crippen LogP contribution < -0.4 is 5.32 Å². The molecule has 1 aliphatic rings. The number of carbonyl (C=O) groups excluding carboxylic acids is 3. The Kier molecular flexibility index (Phi) is 6.78. The Bertz CT molecular complexity index is 620. The second-order valence-corrected chi connectivity index (χ2v) is 6.51. The highest BCUT2D eigenvalue weighted by Gasteiger charge is 2.35. The van der Waals surface area contributed by atoms with Crippen LogP contribution in [0.1, 0.15) is 36.5 Å². The fourth-order valence-corrected chi connectivity index (χ4v) is 2.89. The van der Waals surface area contributed by atoms with E-state index >= 15 is 0 Å². The maximum absolute atomic E-state index is 12.7. The molecule has 1 heterocycles. The number of unbranched alkanes of at least 4 members (excludes halogenated alkanes) is 1. The molecule has 130 valence electrons. The van der Waals surface area contributed by atoms with Crippen molar-refractivity contribution in [3.63, 3.8) is 0 Å². The van der Waals surface area contributed by atoms with E-state index in [1.807, 2.05) is 13.0 Å². The summed E-state index contributed by atoms with van der Waals surface area (Å²) >= 11 is 3.33. The highest BCUT2D eigenvalue weighted by atomic mass is 79.9. The average Bonchev–Trinajstić information content (AvgIpc) is 2.56. The van der Waals surface area contributed by atoms with Gasteiger partial charge >= 0.3 is 5.97 Å². The van der Waals surface area contributed by atoms with Crippen LogP contribution in [0.5, 0.6) is 0 Å². The Morgan fingerprint density at radius 3 is 2.92 bits per heavy atom. The van der Waals surface area contributed by atoms with E-state index in [9.17, 15) is 14.4 Å². The van der Waals surface area contributed by atoms with Gasteiger partial charge in [0.15, 0.2) is 0 Å². The van der Waals surface area contributed by atoms with Crippen molar-refractivity contribution in [3.05, 3.63) is 34.3 Å². The molecular weight excluding hydrogens is 376 g/mol. The number of piperazine rings is 1. The summed E-state index contributed by atoms with van der Waals surface area (Å²) in [6.07, 6.45) is 1.57. The summed E-state index contributed by atoms with van der Waals surface area (Å²) < 4.78 is 5.90. The summed E-state index contributed by atoms with van der Waals surface area (Å²) in [5.41, 5.74) is 0.475. The molecule has 1 aromatic carbocycles. The number of halogens is 1. The number of esters is 1. The molecule has 0 aliphatic carbocycles. The lowest BCUT2D eigenvalue weighted by Crippen LogP contribution is -2.57.